The standard InChI is InChI=1S/C23H31N3O3S/c1-16-24-19(15-30-16)14-25-10-8-17(9-11-25)23(27)26(20-4-5-20)13-18-12-21(28-2)6-7-22(18)29-3/h6-7,12,15,17,20H,4-5,8-11,13-14H2,1-3H3. The van der Waals surface area contributed by atoms with Crippen LogP contribution in [0.2, 0.25) is 0 Å². The molecule has 0 radical (unpaired) electrons. The second-order valence-corrected chi connectivity index (χ2v) is 9.35. The number of methoxy groups -OCH3 is 2. The summed E-state index contributed by atoms with van der Waals surface area (Å²) in [6.45, 7) is 5.42. The number of benzene rings is 1. The van der Waals surface area contributed by atoms with Crippen LogP contribution in [-0.4, -0.2) is 54.0 Å². The van der Waals surface area contributed by atoms with Gasteiger partial charge in [-0.2, -0.15) is 0 Å². The predicted octanol–water partition coefficient (Wildman–Crippen LogP) is 3.87. The molecule has 6 nitrogen and oxygen atoms in total. The van der Waals surface area contributed by atoms with E-state index in [1.807, 2.05) is 25.1 Å². The molecule has 0 N–H and O–H groups in total. The van der Waals surface area contributed by atoms with Crippen molar-refractivity contribution in [1.82, 2.24) is 14.8 Å². The zero-order valence-electron chi connectivity index (χ0n) is 18.1. The molecule has 1 amide bonds. The van der Waals surface area contributed by atoms with E-state index in [2.05, 4.69) is 20.2 Å². The number of hydrogen-bond donors (Lipinski definition) is 0. The van der Waals surface area contributed by atoms with E-state index >= 15 is 0 Å². The summed E-state index contributed by atoms with van der Waals surface area (Å²) >= 11 is 1.70. The highest BCUT2D eigenvalue weighted by Crippen LogP contribution is 2.34. The summed E-state index contributed by atoms with van der Waals surface area (Å²) in [7, 11) is 3.34. The molecule has 1 aliphatic heterocycles. The fraction of sp³-hybridized carbons (Fsp3) is 0.565. The van der Waals surface area contributed by atoms with Gasteiger partial charge >= 0.3 is 0 Å². The number of aromatic nitrogens is 1. The van der Waals surface area contributed by atoms with Crippen LogP contribution < -0.4 is 9.47 Å². The summed E-state index contributed by atoms with van der Waals surface area (Å²) in [5, 5.41) is 3.26. The molecular weight excluding hydrogens is 398 g/mol. The first-order valence-corrected chi connectivity index (χ1v) is 11.6. The Morgan fingerprint density at radius 2 is 1.97 bits per heavy atom. The highest BCUT2D eigenvalue weighted by atomic mass is 32.1. The van der Waals surface area contributed by atoms with Gasteiger partial charge in [0, 0.05) is 36.0 Å². The van der Waals surface area contributed by atoms with Crippen molar-refractivity contribution < 1.29 is 14.3 Å². The van der Waals surface area contributed by atoms with Crippen LogP contribution in [0.3, 0.4) is 0 Å². The van der Waals surface area contributed by atoms with Crippen molar-refractivity contribution in [1.29, 1.82) is 0 Å². The van der Waals surface area contributed by atoms with Crippen LogP contribution in [0.15, 0.2) is 23.6 Å². The van der Waals surface area contributed by atoms with Crippen molar-refractivity contribution in [2.45, 2.75) is 51.7 Å². The minimum Gasteiger partial charge on any atom is -0.497 e. The normalized spacial score (nSPS) is 17.7. The van der Waals surface area contributed by atoms with Gasteiger partial charge in [-0.25, -0.2) is 4.98 Å². The number of aryl methyl sites for hydroxylation is 1. The summed E-state index contributed by atoms with van der Waals surface area (Å²) in [6, 6.07) is 6.16. The SMILES string of the molecule is COc1ccc(OC)c(CN(C(=O)C2CCN(Cc3csc(C)n3)CC2)C2CC2)c1. The van der Waals surface area contributed by atoms with Gasteiger partial charge in [0.1, 0.15) is 11.5 Å². The first-order valence-electron chi connectivity index (χ1n) is 10.7. The number of carbonyl (C=O) groups is 1. The largest absolute Gasteiger partial charge is 0.497 e. The van der Waals surface area contributed by atoms with Crippen LogP contribution in [0, 0.1) is 12.8 Å². The Labute approximate surface area is 182 Å². The lowest BCUT2D eigenvalue weighted by Gasteiger charge is -2.34. The van der Waals surface area contributed by atoms with E-state index in [9.17, 15) is 4.79 Å². The molecular formula is C23H31N3O3S. The molecule has 7 heteroatoms. The minimum absolute atomic E-state index is 0.107. The number of ether oxygens (including phenoxy) is 2. The van der Waals surface area contributed by atoms with Gasteiger partial charge in [-0.3, -0.25) is 9.69 Å². The van der Waals surface area contributed by atoms with Gasteiger partial charge in [0.15, 0.2) is 0 Å². The summed E-state index contributed by atoms with van der Waals surface area (Å²) in [6.07, 6.45) is 4.03. The van der Waals surface area contributed by atoms with Crippen molar-refractivity contribution in [3.05, 3.63) is 39.8 Å². The average Bonchev–Trinajstić information content (AvgIpc) is 3.53. The fourth-order valence-corrected chi connectivity index (χ4v) is 4.85. The lowest BCUT2D eigenvalue weighted by molar-refractivity contribution is -0.138. The van der Waals surface area contributed by atoms with Crippen molar-refractivity contribution in [2.75, 3.05) is 27.3 Å². The minimum atomic E-state index is 0.107. The first-order chi connectivity index (χ1) is 14.6. The van der Waals surface area contributed by atoms with E-state index in [0.29, 0.717) is 18.5 Å². The Hall–Kier alpha value is -2.12. The van der Waals surface area contributed by atoms with E-state index in [-0.39, 0.29) is 5.92 Å². The van der Waals surface area contributed by atoms with Crippen LogP contribution >= 0.6 is 11.3 Å². The van der Waals surface area contributed by atoms with Crippen LogP contribution in [0.4, 0.5) is 0 Å². The number of piperidine rings is 1. The van der Waals surface area contributed by atoms with Gasteiger partial charge < -0.3 is 14.4 Å². The molecule has 1 aromatic carbocycles. The molecule has 1 saturated carbocycles. The number of amides is 1. The highest BCUT2D eigenvalue weighted by molar-refractivity contribution is 7.09. The van der Waals surface area contributed by atoms with Crippen LogP contribution in [0.5, 0.6) is 11.5 Å². The Morgan fingerprint density at radius 3 is 2.57 bits per heavy atom. The summed E-state index contributed by atoms with van der Waals surface area (Å²) in [5.74, 6) is 2.00. The maximum absolute atomic E-state index is 13.4. The zero-order chi connectivity index (χ0) is 21.1. The van der Waals surface area contributed by atoms with Gasteiger partial charge in [0.2, 0.25) is 5.91 Å². The molecule has 1 saturated heterocycles. The quantitative estimate of drug-likeness (QED) is 0.638. The molecule has 2 aliphatic rings. The number of likely N-dealkylation sites (tertiary alicyclic amines) is 1. The predicted molar refractivity (Wildman–Crippen MR) is 118 cm³/mol. The number of carbonyl (C=O) groups excluding carboxylic acids is 1. The Morgan fingerprint density at radius 1 is 1.20 bits per heavy atom. The lowest BCUT2D eigenvalue weighted by atomic mass is 9.94. The third kappa shape index (κ3) is 4.95. The van der Waals surface area contributed by atoms with Gasteiger partial charge in [0.05, 0.1) is 24.9 Å². The molecule has 0 bridgehead atoms. The van der Waals surface area contributed by atoms with Crippen molar-refractivity contribution in [3.8, 4) is 11.5 Å². The smallest absolute Gasteiger partial charge is 0.226 e. The molecule has 2 fully saturated rings. The molecule has 2 aromatic rings. The number of hydrogen-bond acceptors (Lipinski definition) is 6. The zero-order valence-corrected chi connectivity index (χ0v) is 18.9. The van der Waals surface area contributed by atoms with Crippen molar-refractivity contribution >= 4 is 17.2 Å². The molecule has 1 aromatic heterocycles. The Bertz CT molecular complexity index is 872. The van der Waals surface area contributed by atoms with Crippen LogP contribution in [0.25, 0.3) is 0 Å². The highest BCUT2D eigenvalue weighted by Gasteiger charge is 2.37. The van der Waals surface area contributed by atoms with E-state index in [1.54, 1.807) is 25.6 Å². The molecule has 0 atom stereocenters. The molecule has 0 unspecified atom stereocenters. The van der Waals surface area contributed by atoms with Crippen molar-refractivity contribution in [2.24, 2.45) is 5.92 Å². The van der Waals surface area contributed by atoms with Crippen LogP contribution in [-0.2, 0) is 17.9 Å². The van der Waals surface area contributed by atoms with Crippen molar-refractivity contribution in [3.63, 3.8) is 0 Å². The third-order valence-electron chi connectivity index (χ3n) is 6.09. The molecule has 4 rings (SSSR count). The number of rotatable bonds is 8. The fourth-order valence-electron chi connectivity index (χ4n) is 4.24. The number of nitrogens with zero attached hydrogens (tertiary/aromatic N) is 3. The third-order valence-corrected chi connectivity index (χ3v) is 6.91. The summed E-state index contributed by atoms with van der Waals surface area (Å²) < 4.78 is 10.9. The molecule has 30 heavy (non-hydrogen) atoms. The van der Waals surface area contributed by atoms with E-state index in [0.717, 1.165) is 73.1 Å². The monoisotopic (exact) mass is 429 g/mol. The Kier molecular flexibility index (Phi) is 6.58. The van der Waals surface area contributed by atoms with Gasteiger partial charge in [-0.05, 0) is 63.9 Å². The summed E-state index contributed by atoms with van der Waals surface area (Å²) in [5.41, 5.74) is 2.15. The topological polar surface area (TPSA) is 54.9 Å². The summed E-state index contributed by atoms with van der Waals surface area (Å²) in [4.78, 5) is 22.5. The Balaban J connectivity index is 1.39. The van der Waals surface area contributed by atoms with E-state index in [4.69, 9.17) is 9.47 Å². The molecule has 1 aliphatic carbocycles. The van der Waals surface area contributed by atoms with Gasteiger partial charge in [-0.15, -0.1) is 11.3 Å². The molecule has 0 spiro atoms. The number of thiazole rings is 1. The van der Waals surface area contributed by atoms with E-state index < -0.39 is 0 Å². The van der Waals surface area contributed by atoms with Gasteiger partial charge in [0.25, 0.3) is 0 Å². The van der Waals surface area contributed by atoms with Crippen LogP contribution in [0.1, 0.15) is 41.9 Å². The average molecular weight is 430 g/mol. The second-order valence-electron chi connectivity index (χ2n) is 8.28. The maximum atomic E-state index is 13.4. The molecule has 162 valence electrons. The second kappa shape index (κ2) is 9.35. The van der Waals surface area contributed by atoms with E-state index in [1.165, 1.54) is 0 Å². The lowest BCUT2D eigenvalue weighted by Crippen LogP contribution is -2.43. The maximum Gasteiger partial charge on any atom is 0.226 e. The van der Waals surface area contributed by atoms with Gasteiger partial charge in [-0.1, -0.05) is 0 Å². The first kappa shape index (κ1) is 21.1. The molecule has 2 heterocycles.